The largest absolute Gasteiger partial charge is 0.489 e. The summed E-state index contributed by atoms with van der Waals surface area (Å²) in [5.74, 6) is 1.77. The van der Waals surface area contributed by atoms with Gasteiger partial charge in [-0.05, 0) is 62.3 Å². The van der Waals surface area contributed by atoms with Gasteiger partial charge in [0, 0.05) is 6.04 Å². The first-order chi connectivity index (χ1) is 9.08. The van der Waals surface area contributed by atoms with Crippen LogP contribution in [0.15, 0.2) is 18.2 Å². The molecule has 0 spiro atoms. The lowest BCUT2D eigenvalue weighted by Gasteiger charge is -2.34. The summed E-state index contributed by atoms with van der Waals surface area (Å²) in [6, 6.07) is 6.59. The molecule has 3 unspecified atom stereocenters. The molecule has 0 saturated heterocycles. The van der Waals surface area contributed by atoms with Gasteiger partial charge in [-0.15, -0.1) is 0 Å². The van der Waals surface area contributed by atoms with E-state index in [0.29, 0.717) is 0 Å². The Hall–Kier alpha value is -1.02. The van der Waals surface area contributed by atoms with E-state index in [2.05, 4.69) is 39.0 Å². The minimum atomic E-state index is 0.187. The third-order valence-electron chi connectivity index (χ3n) is 4.13. The van der Waals surface area contributed by atoms with Crippen molar-refractivity contribution < 1.29 is 4.74 Å². The molecule has 2 nitrogen and oxygen atoms in total. The van der Waals surface area contributed by atoms with Crippen LogP contribution in [0.25, 0.3) is 0 Å². The fourth-order valence-corrected chi connectivity index (χ4v) is 3.22. The fourth-order valence-electron chi connectivity index (χ4n) is 3.22. The molecule has 0 aromatic heterocycles. The van der Waals surface area contributed by atoms with Crippen LogP contribution in [0.1, 0.15) is 50.2 Å². The van der Waals surface area contributed by atoms with E-state index in [0.717, 1.165) is 24.5 Å². The van der Waals surface area contributed by atoms with Crippen LogP contribution < -0.4 is 10.5 Å². The van der Waals surface area contributed by atoms with Crippen molar-refractivity contribution in [1.29, 1.82) is 0 Å². The number of nitrogens with two attached hydrogens (primary N) is 1. The molecular formula is C17H27NO. The van der Waals surface area contributed by atoms with Gasteiger partial charge in [0.2, 0.25) is 0 Å². The molecule has 1 saturated carbocycles. The predicted octanol–water partition coefficient (Wildman–Crippen LogP) is 3.98. The highest BCUT2D eigenvalue weighted by Crippen LogP contribution is 2.30. The van der Waals surface area contributed by atoms with Crippen LogP contribution in [0.5, 0.6) is 5.75 Å². The second-order valence-electron chi connectivity index (χ2n) is 6.11. The summed E-state index contributed by atoms with van der Waals surface area (Å²) in [5.41, 5.74) is 8.74. The molecule has 0 heterocycles. The quantitative estimate of drug-likeness (QED) is 0.889. The third kappa shape index (κ3) is 3.97. The van der Waals surface area contributed by atoms with Crippen LogP contribution in [0.2, 0.25) is 0 Å². The third-order valence-corrected chi connectivity index (χ3v) is 4.13. The minimum Gasteiger partial charge on any atom is -0.489 e. The molecule has 1 aliphatic rings. The van der Waals surface area contributed by atoms with Crippen molar-refractivity contribution in [3.8, 4) is 5.75 Å². The molecule has 3 atom stereocenters. The Balaban J connectivity index is 2.03. The van der Waals surface area contributed by atoms with Gasteiger partial charge >= 0.3 is 0 Å². The van der Waals surface area contributed by atoms with Crippen molar-refractivity contribution in [2.75, 3.05) is 0 Å². The molecule has 0 aliphatic heterocycles. The van der Waals surface area contributed by atoms with Crippen LogP contribution >= 0.6 is 0 Å². The molecule has 1 aliphatic carbocycles. The molecule has 106 valence electrons. The molecule has 2 rings (SSSR count). The normalized spacial score (nSPS) is 27.3. The van der Waals surface area contributed by atoms with E-state index in [-0.39, 0.29) is 12.1 Å². The summed E-state index contributed by atoms with van der Waals surface area (Å²) in [7, 11) is 0. The highest BCUT2D eigenvalue weighted by molar-refractivity contribution is 5.33. The van der Waals surface area contributed by atoms with Crippen molar-refractivity contribution in [2.24, 2.45) is 11.7 Å². The molecule has 19 heavy (non-hydrogen) atoms. The Morgan fingerprint density at radius 3 is 2.47 bits per heavy atom. The van der Waals surface area contributed by atoms with Crippen LogP contribution in [0.4, 0.5) is 0 Å². The van der Waals surface area contributed by atoms with Crippen molar-refractivity contribution in [1.82, 2.24) is 0 Å². The maximum Gasteiger partial charge on any atom is 0.120 e. The van der Waals surface area contributed by atoms with Crippen LogP contribution in [-0.2, 0) is 0 Å². The number of hydrogen-bond acceptors (Lipinski definition) is 2. The molecule has 1 fully saturated rings. The van der Waals surface area contributed by atoms with E-state index in [9.17, 15) is 0 Å². The van der Waals surface area contributed by atoms with E-state index >= 15 is 0 Å². The average molecular weight is 261 g/mol. The van der Waals surface area contributed by atoms with Crippen molar-refractivity contribution in [3.05, 3.63) is 29.3 Å². The summed E-state index contributed by atoms with van der Waals surface area (Å²) >= 11 is 0. The first-order valence-electron chi connectivity index (χ1n) is 7.59. The molecule has 0 radical (unpaired) electrons. The minimum absolute atomic E-state index is 0.187. The monoisotopic (exact) mass is 261 g/mol. The number of aryl methyl sites for hydroxylation is 2. The lowest BCUT2D eigenvalue weighted by Crippen LogP contribution is -2.43. The Labute approximate surface area is 117 Å². The van der Waals surface area contributed by atoms with E-state index in [1.807, 2.05) is 0 Å². The maximum atomic E-state index is 6.24. The van der Waals surface area contributed by atoms with Gasteiger partial charge in [-0.2, -0.15) is 0 Å². The summed E-state index contributed by atoms with van der Waals surface area (Å²) < 4.78 is 6.18. The second-order valence-corrected chi connectivity index (χ2v) is 6.11. The Bertz CT molecular complexity index is 395. The van der Waals surface area contributed by atoms with Crippen molar-refractivity contribution in [2.45, 2.75) is 65.0 Å². The predicted molar refractivity (Wildman–Crippen MR) is 80.6 cm³/mol. The summed E-state index contributed by atoms with van der Waals surface area (Å²) in [6.07, 6.45) is 6.23. The van der Waals surface area contributed by atoms with Gasteiger partial charge in [0.05, 0.1) is 0 Å². The second kappa shape index (κ2) is 6.42. The standard InChI is InChI=1S/C17H27NO/c1-4-5-14-6-7-16(18)17(11-14)19-15-9-12(2)8-13(3)10-15/h8-10,14,16-17H,4-7,11,18H2,1-3H3. The van der Waals surface area contributed by atoms with E-state index in [4.69, 9.17) is 10.5 Å². The maximum absolute atomic E-state index is 6.24. The zero-order chi connectivity index (χ0) is 13.8. The van der Waals surface area contributed by atoms with Crippen molar-refractivity contribution >= 4 is 0 Å². The molecule has 1 aromatic rings. The number of ether oxygens (including phenoxy) is 1. The molecule has 2 N–H and O–H groups in total. The molecular weight excluding hydrogens is 234 g/mol. The zero-order valence-corrected chi connectivity index (χ0v) is 12.5. The van der Waals surface area contributed by atoms with Gasteiger partial charge in [0.15, 0.2) is 0 Å². The molecule has 0 amide bonds. The molecule has 2 heteroatoms. The smallest absolute Gasteiger partial charge is 0.120 e. The highest BCUT2D eigenvalue weighted by Gasteiger charge is 2.29. The van der Waals surface area contributed by atoms with Crippen LogP contribution in [-0.4, -0.2) is 12.1 Å². The van der Waals surface area contributed by atoms with Gasteiger partial charge in [-0.3, -0.25) is 0 Å². The topological polar surface area (TPSA) is 35.2 Å². The first kappa shape index (κ1) is 14.4. The highest BCUT2D eigenvalue weighted by atomic mass is 16.5. The molecule has 1 aromatic carbocycles. The Morgan fingerprint density at radius 1 is 1.16 bits per heavy atom. The van der Waals surface area contributed by atoms with Crippen LogP contribution in [0, 0.1) is 19.8 Å². The lowest BCUT2D eigenvalue weighted by molar-refractivity contribution is 0.0992. The number of hydrogen-bond donors (Lipinski definition) is 1. The summed E-state index contributed by atoms with van der Waals surface area (Å²) in [6.45, 7) is 6.48. The van der Waals surface area contributed by atoms with Gasteiger partial charge in [-0.1, -0.05) is 25.8 Å². The SMILES string of the molecule is CCCC1CCC(N)C(Oc2cc(C)cc(C)c2)C1. The van der Waals surface area contributed by atoms with Crippen LogP contribution in [0.3, 0.4) is 0 Å². The molecule has 0 bridgehead atoms. The average Bonchev–Trinajstić information content (AvgIpc) is 2.32. The van der Waals surface area contributed by atoms with E-state index in [1.165, 1.54) is 30.4 Å². The number of benzene rings is 1. The first-order valence-corrected chi connectivity index (χ1v) is 7.59. The lowest BCUT2D eigenvalue weighted by atomic mass is 9.82. The van der Waals surface area contributed by atoms with Gasteiger partial charge < -0.3 is 10.5 Å². The van der Waals surface area contributed by atoms with E-state index < -0.39 is 0 Å². The Kier molecular flexibility index (Phi) is 4.87. The zero-order valence-electron chi connectivity index (χ0n) is 12.5. The van der Waals surface area contributed by atoms with Gasteiger partial charge in [0.1, 0.15) is 11.9 Å². The Morgan fingerprint density at radius 2 is 1.84 bits per heavy atom. The summed E-state index contributed by atoms with van der Waals surface area (Å²) in [4.78, 5) is 0. The van der Waals surface area contributed by atoms with Gasteiger partial charge in [-0.25, -0.2) is 0 Å². The summed E-state index contributed by atoms with van der Waals surface area (Å²) in [5, 5.41) is 0. The fraction of sp³-hybridized carbons (Fsp3) is 0.647. The van der Waals surface area contributed by atoms with Gasteiger partial charge in [0.25, 0.3) is 0 Å². The van der Waals surface area contributed by atoms with E-state index in [1.54, 1.807) is 0 Å². The number of rotatable bonds is 4. The van der Waals surface area contributed by atoms with Crippen molar-refractivity contribution in [3.63, 3.8) is 0 Å².